The van der Waals surface area contributed by atoms with Gasteiger partial charge in [-0.05, 0) is 44.9 Å². The second-order valence-electron chi connectivity index (χ2n) is 5.78. The second-order valence-corrected chi connectivity index (χ2v) is 5.78. The quantitative estimate of drug-likeness (QED) is 0.772. The summed E-state index contributed by atoms with van der Waals surface area (Å²) in [7, 11) is 0. The Labute approximate surface area is 146 Å². The highest BCUT2D eigenvalue weighted by atomic mass is 35.5. The van der Waals surface area contributed by atoms with Gasteiger partial charge in [-0.25, -0.2) is 0 Å². The highest BCUT2D eigenvalue weighted by molar-refractivity contribution is 5.85. The summed E-state index contributed by atoms with van der Waals surface area (Å²) in [6, 6.07) is 3.63. The molecule has 0 saturated carbocycles. The first kappa shape index (κ1) is 22.5. The molecule has 1 rings (SSSR count). The van der Waals surface area contributed by atoms with Crippen LogP contribution in [0.25, 0.3) is 0 Å². The summed E-state index contributed by atoms with van der Waals surface area (Å²) in [4.78, 5) is 11.6. The van der Waals surface area contributed by atoms with Gasteiger partial charge in [-0.2, -0.15) is 13.2 Å². The Hall–Kier alpha value is -1.47. The van der Waals surface area contributed by atoms with Crippen LogP contribution < -0.4 is 15.8 Å². The molecular formula is C16H24ClF3N2O2. The van der Waals surface area contributed by atoms with Crippen molar-refractivity contribution in [3.63, 3.8) is 0 Å². The van der Waals surface area contributed by atoms with E-state index in [9.17, 15) is 18.0 Å². The first-order valence-corrected chi connectivity index (χ1v) is 7.48. The van der Waals surface area contributed by atoms with Crippen LogP contribution in [0.1, 0.15) is 44.7 Å². The molecule has 0 aromatic heterocycles. The van der Waals surface area contributed by atoms with E-state index >= 15 is 0 Å². The van der Waals surface area contributed by atoms with Gasteiger partial charge in [0.25, 0.3) is 0 Å². The second kappa shape index (κ2) is 9.74. The molecule has 0 aliphatic heterocycles. The van der Waals surface area contributed by atoms with E-state index in [2.05, 4.69) is 5.32 Å². The molecular weight excluding hydrogens is 345 g/mol. The molecule has 1 amide bonds. The fourth-order valence-corrected chi connectivity index (χ4v) is 1.96. The number of nitrogens with one attached hydrogen (secondary N) is 1. The number of benzene rings is 1. The average molecular weight is 369 g/mol. The molecule has 1 unspecified atom stereocenters. The van der Waals surface area contributed by atoms with Gasteiger partial charge in [0.05, 0.1) is 11.7 Å². The van der Waals surface area contributed by atoms with E-state index in [0.29, 0.717) is 6.42 Å². The Kier molecular flexibility index (Phi) is 9.14. The lowest BCUT2D eigenvalue weighted by molar-refractivity contribution is -0.138. The molecule has 1 atom stereocenters. The molecule has 3 N–H and O–H groups in total. The Bertz CT molecular complexity index is 535. The van der Waals surface area contributed by atoms with Crippen LogP contribution in [0.2, 0.25) is 0 Å². The summed E-state index contributed by atoms with van der Waals surface area (Å²) in [5, 5.41) is 2.49. The van der Waals surface area contributed by atoms with Crippen molar-refractivity contribution in [1.29, 1.82) is 0 Å². The smallest absolute Gasteiger partial charge is 0.416 e. The summed E-state index contributed by atoms with van der Waals surface area (Å²) in [6.45, 7) is 5.05. The van der Waals surface area contributed by atoms with E-state index in [1.165, 1.54) is 12.1 Å². The minimum Gasteiger partial charge on any atom is -0.491 e. The predicted molar refractivity (Wildman–Crippen MR) is 89.2 cm³/mol. The monoisotopic (exact) mass is 368 g/mol. The zero-order valence-corrected chi connectivity index (χ0v) is 14.8. The lowest BCUT2D eigenvalue weighted by Gasteiger charge is -2.17. The van der Waals surface area contributed by atoms with Crippen molar-refractivity contribution in [1.82, 2.24) is 5.32 Å². The van der Waals surface area contributed by atoms with Crippen LogP contribution in [0.15, 0.2) is 18.2 Å². The van der Waals surface area contributed by atoms with Gasteiger partial charge in [-0.3, -0.25) is 4.79 Å². The molecule has 0 radical (unpaired) electrons. The van der Waals surface area contributed by atoms with Crippen LogP contribution in [-0.2, 0) is 17.5 Å². The summed E-state index contributed by atoms with van der Waals surface area (Å²) in [5.74, 6) is -0.169. The number of carbonyl (C=O) groups excluding carboxylic acids is 1. The number of ether oxygens (including phenoxy) is 1. The molecule has 0 fully saturated rings. The van der Waals surface area contributed by atoms with Crippen molar-refractivity contribution < 1.29 is 22.7 Å². The molecule has 0 saturated heterocycles. The van der Waals surface area contributed by atoms with Gasteiger partial charge < -0.3 is 15.8 Å². The fourth-order valence-electron chi connectivity index (χ4n) is 1.96. The molecule has 24 heavy (non-hydrogen) atoms. The van der Waals surface area contributed by atoms with Gasteiger partial charge in [0.2, 0.25) is 5.91 Å². The highest BCUT2D eigenvalue weighted by Crippen LogP contribution is 2.34. The van der Waals surface area contributed by atoms with Gasteiger partial charge in [-0.15, -0.1) is 12.4 Å². The van der Waals surface area contributed by atoms with Crippen molar-refractivity contribution in [2.45, 2.75) is 58.5 Å². The number of halogens is 4. The van der Waals surface area contributed by atoms with Crippen molar-refractivity contribution in [2.75, 3.05) is 0 Å². The van der Waals surface area contributed by atoms with E-state index in [-0.39, 0.29) is 54.7 Å². The van der Waals surface area contributed by atoms with E-state index in [4.69, 9.17) is 10.5 Å². The van der Waals surface area contributed by atoms with Crippen molar-refractivity contribution in [2.24, 2.45) is 5.73 Å². The molecule has 1 aromatic rings. The number of carbonyl (C=O) groups is 1. The number of hydrogen-bond acceptors (Lipinski definition) is 3. The van der Waals surface area contributed by atoms with Gasteiger partial charge in [-0.1, -0.05) is 6.07 Å². The van der Waals surface area contributed by atoms with Gasteiger partial charge >= 0.3 is 6.18 Å². The number of hydrogen-bond donors (Lipinski definition) is 2. The lowest BCUT2D eigenvalue weighted by atomic mass is 10.1. The topological polar surface area (TPSA) is 64.4 Å². The van der Waals surface area contributed by atoms with Crippen LogP contribution in [0.4, 0.5) is 13.2 Å². The number of amides is 1. The highest BCUT2D eigenvalue weighted by Gasteiger charge is 2.33. The molecule has 0 spiro atoms. The molecule has 0 aliphatic rings. The lowest BCUT2D eigenvalue weighted by Crippen LogP contribution is -2.26. The summed E-state index contributed by atoms with van der Waals surface area (Å²) >= 11 is 0. The van der Waals surface area contributed by atoms with Crippen LogP contribution in [0.5, 0.6) is 5.75 Å². The Morgan fingerprint density at radius 2 is 1.92 bits per heavy atom. The normalized spacial score (nSPS) is 12.5. The molecule has 0 bridgehead atoms. The van der Waals surface area contributed by atoms with E-state index in [1.807, 2.05) is 0 Å². The first-order chi connectivity index (χ1) is 10.6. The van der Waals surface area contributed by atoms with Crippen LogP contribution in [0.3, 0.4) is 0 Å². The van der Waals surface area contributed by atoms with E-state index in [0.717, 1.165) is 6.07 Å². The summed E-state index contributed by atoms with van der Waals surface area (Å²) in [5.41, 5.74) is 4.74. The Morgan fingerprint density at radius 3 is 2.42 bits per heavy atom. The van der Waals surface area contributed by atoms with Gasteiger partial charge in [0.1, 0.15) is 5.75 Å². The minimum absolute atomic E-state index is 0. The van der Waals surface area contributed by atoms with Crippen LogP contribution >= 0.6 is 12.4 Å². The molecule has 0 aliphatic carbocycles. The van der Waals surface area contributed by atoms with Crippen molar-refractivity contribution in [3.05, 3.63) is 29.3 Å². The third kappa shape index (κ3) is 7.88. The summed E-state index contributed by atoms with van der Waals surface area (Å²) < 4.78 is 44.8. The third-order valence-electron chi connectivity index (χ3n) is 3.06. The SMILES string of the molecule is CC(N)CCC(=O)NCc1ccc(OC(C)C)cc1C(F)(F)F.Cl. The van der Waals surface area contributed by atoms with Crippen LogP contribution in [-0.4, -0.2) is 18.1 Å². The molecule has 8 heteroatoms. The fraction of sp³-hybridized carbons (Fsp3) is 0.562. The zero-order valence-electron chi connectivity index (χ0n) is 13.9. The number of alkyl halides is 3. The first-order valence-electron chi connectivity index (χ1n) is 7.48. The standard InChI is InChI=1S/C16H23F3N2O2.ClH/c1-10(2)23-13-6-5-12(14(8-13)16(17,18)19)9-21-15(22)7-4-11(3)20;/h5-6,8,10-11H,4,7,9,20H2,1-3H3,(H,21,22);1H. The van der Waals surface area contributed by atoms with E-state index in [1.54, 1.807) is 20.8 Å². The molecule has 0 heterocycles. The molecule has 4 nitrogen and oxygen atoms in total. The maximum absolute atomic E-state index is 13.2. The van der Waals surface area contributed by atoms with E-state index < -0.39 is 11.7 Å². The predicted octanol–water partition coefficient (Wildman–Crippen LogP) is 3.66. The molecule has 1 aromatic carbocycles. The third-order valence-corrected chi connectivity index (χ3v) is 3.06. The van der Waals surface area contributed by atoms with Gasteiger partial charge in [0.15, 0.2) is 0 Å². The largest absolute Gasteiger partial charge is 0.491 e. The van der Waals surface area contributed by atoms with Gasteiger partial charge in [0, 0.05) is 19.0 Å². The summed E-state index contributed by atoms with van der Waals surface area (Å²) in [6.07, 6.45) is -4.06. The average Bonchev–Trinajstić information content (AvgIpc) is 2.42. The molecule has 138 valence electrons. The number of nitrogens with two attached hydrogens (primary N) is 1. The Balaban J connectivity index is 0.00000529. The zero-order chi connectivity index (χ0) is 17.6. The Morgan fingerprint density at radius 1 is 1.29 bits per heavy atom. The number of rotatable bonds is 7. The van der Waals surface area contributed by atoms with Crippen molar-refractivity contribution in [3.8, 4) is 5.75 Å². The van der Waals surface area contributed by atoms with Crippen molar-refractivity contribution >= 4 is 18.3 Å². The van der Waals surface area contributed by atoms with Crippen LogP contribution in [0, 0.1) is 0 Å². The minimum atomic E-state index is -4.51. The maximum atomic E-state index is 13.2. The maximum Gasteiger partial charge on any atom is 0.416 e.